The third-order valence-electron chi connectivity index (χ3n) is 4.90. The van der Waals surface area contributed by atoms with Crippen molar-refractivity contribution >= 4 is 28.8 Å². The van der Waals surface area contributed by atoms with E-state index in [4.69, 9.17) is 4.52 Å². The Balaban J connectivity index is 1.35. The number of aryl methyl sites for hydroxylation is 2. The van der Waals surface area contributed by atoms with Gasteiger partial charge in [0.15, 0.2) is 5.69 Å². The Kier molecular flexibility index (Phi) is 5.39. The highest BCUT2D eigenvalue weighted by molar-refractivity contribution is 7.14. The van der Waals surface area contributed by atoms with Crippen molar-refractivity contribution in [1.29, 1.82) is 0 Å². The SMILES string of the molecule is Cc1cc(C(=O)N2CCC(C(=O)Nc3cccc(-c4nnc(C)s4)c3)CC2)no1. The number of carbonyl (C=O) groups excluding carboxylic acids is 2. The molecule has 8 nitrogen and oxygen atoms in total. The van der Waals surface area contributed by atoms with Gasteiger partial charge < -0.3 is 14.7 Å². The minimum Gasteiger partial charge on any atom is -0.361 e. The lowest BCUT2D eigenvalue weighted by Gasteiger charge is -2.30. The molecule has 9 heteroatoms. The number of rotatable bonds is 4. The summed E-state index contributed by atoms with van der Waals surface area (Å²) in [5.41, 5.74) is 1.97. The molecular formula is C20H21N5O3S. The standard InChI is InChI=1S/C20H21N5O3S/c1-12-10-17(24-28-12)20(27)25-8-6-14(7-9-25)18(26)21-16-5-3-4-15(11-16)19-23-22-13(2)29-19/h3-5,10-11,14H,6-9H2,1-2H3,(H,21,26). The van der Waals surface area contributed by atoms with Gasteiger partial charge in [-0.05, 0) is 38.8 Å². The van der Waals surface area contributed by atoms with E-state index in [0.717, 1.165) is 21.3 Å². The number of nitrogens with zero attached hydrogens (tertiary/aromatic N) is 4. The van der Waals surface area contributed by atoms with Crippen molar-refractivity contribution in [3.8, 4) is 10.6 Å². The third kappa shape index (κ3) is 4.34. The molecule has 4 rings (SSSR count). The molecule has 1 N–H and O–H groups in total. The average molecular weight is 411 g/mol. The second-order valence-electron chi connectivity index (χ2n) is 7.09. The van der Waals surface area contributed by atoms with E-state index in [1.807, 2.05) is 31.2 Å². The van der Waals surface area contributed by atoms with Crippen molar-refractivity contribution in [2.24, 2.45) is 5.92 Å². The van der Waals surface area contributed by atoms with E-state index < -0.39 is 0 Å². The molecule has 0 aliphatic carbocycles. The topological polar surface area (TPSA) is 101 Å². The Bertz CT molecular complexity index is 1040. The first kappa shape index (κ1) is 19.3. The lowest BCUT2D eigenvalue weighted by Crippen LogP contribution is -2.41. The number of piperidine rings is 1. The van der Waals surface area contributed by atoms with Gasteiger partial charge in [-0.15, -0.1) is 10.2 Å². The van der Waals surface area contributed by atoms with Crippen molar-refractivity contribution in [1.82, 2.24) is 20.3 Å². The molecule has 1 aliphatic heterocycles. The molecule has 150 valence electrons. The number of carbonyl (C=O) groups is 2. The molecule has 29 heavy (non-hydrogen) atoms. The summed E-state index contributed by atoms with van der Waals surface area (Å²) in [5.74, 6) is 0.291. The molecule has 3 aromatic rings. The van der Waals surface area contributed by atoms with Crippen LogP contribution in [0, 0.1) is 19.8 Å². The van der Waals surface area contributed by atoms with E-state index in [1.165, 1.54) is 11.3 Å². The molecule has 2 aromatic heterocycles. The highest BCUT2D eigenvalue weighted by Crippen LogP contribution is 2.26. The highest BCUT2D eigenvalue weighted by Gasteiger charge is 2.29. The van der Waals surface area contributed by atoms with Crippen molar-refractivity contribution < 1.29 is 14.1 Å². The summed E-state index contributed by atoms with van der Waals surface area (Å²) < 4.78 is 4.98. The third-order valence-corrected chi connectivity index (χ3v) is 5.79. The zero-order valence-electron chi connectivity index (χ0n) is 16.2. The van der Waals surface area contributed by atoms with Gasteiger partial charge in [0.05, 0.1) is 0 Å². The van der Waals surface area contributed by atoms with Crippen LogP contribution < -0.4 is 5.32 Å². The molecule has 1 fully saturated rings. The van der Waals surface area contributed by atoms with Crippen LogP contribution in [0.3, 0.4) is 0 Å². The van der Waals surface area contributed by atoms with Crippen molar-refractivity contribution in [2.75, 3.05) is 18.4 Å². The Labute approximate surface area is 171 Å². The Hall–Kier alpha value is -3.07. The fourth-order valence-corrected chi connectivity index (χ4v) is 4.05. The number of likely N-dealkylation sites (tertiary alicyclic amines) is 1. The second-order valence-corrected chi connectivity index (χ2v) is 8.27. The molecule has 0 saturated carbocycles. The van der Waals surface area contributed by atoms with Gasteiger partial charge in [-0.25, -0.2) is 0 Å². The van der Waals surface area contributed by atoms with E-state index in [9.17, 15) is 9.59 Å². The molecule has 1 saturated heterocycles. The highest BCUT2D eigenvalue weighted by atomic mass is 32.1. The van der Waals surface area contributed by atoms with Crippen LogP contribution in [0.4, 0.5) is 5.69 Å². The van der Waals surface area contributed by atoms with Crippen LogP contribution in [0.5, 0.6) is 0 Å². The lowest BCUT2D eigenvalue weighted by atomic mass is 9.95. The summed E-state index contributed by atoms with van der Waals surface area (Å²) >= 11 is 1.51. The van der Waals surface area contributed by atoms with E-state index in [0.29, 0.717) is 37.4 Å². The summed E-state index contributed by atoms with van der Waals surface area (Å²) in [5, 5.41) is 16.7. The van der Waals surface area contributed by atoms with E-state index in [-0.39, 0.29) is 17.7 Å². The van der Waals surface area contributed by atoms with Gasteiger partial charge in [0.25, 0.3) is 5.91 Å². The summed E-state index contributed by atoms with van der Waals surface area (Å²) in [7, 11) is 0. The number of hydrogen-bond donors (Lipinski definition) is 1. The average Bonchev–Trinajstić information content (AvgIpc) is 3.36. The molecule has 3 heterocycles. The summed E-state index contributed by atoms with van der Waals surface area (Å²) in [6.45, 7) is 4.70. The summed E-state index contributed by atoms with van der Waals surface area (Å²) in [6, 6.07) is 9.24. The van der Waals surface area contributed by atoms with Gasteiger partial charge in [-0.2, -0.15) is 0 Å². The zero-order chi connectivity index (χ0) is 20.4. The first-order valence-corrected chi connectivity index (χ1v) is 10.3. The van der Waals surface area contributed by atoms with Crippen molar-refractivity contribution in [3.05, 3.63) is 46.8 Å². The van der Waals surface area contributed by atoms with E-state index in [1.54, 1.807) is 17.9 Å². The predicted molar refractivity (Wildman–Crippen MR) is 109 cm³/mol. The van der Waals surface area contributed by atoms with Crippen molar-refractivity contribution in [2.45, 2.75) is 26.7 Å². The van der Waals surface area contributed by atoms with E-state index in [2.05, 4.69) is 20.7 Å². The van der Waals surface area contributed by atoms with Gasteiger partial charge >= 0.3 is 0 Å². The first-order valence-electron chi connectivity index (χ1n) is 9.43. The van der Waals surface area contributed by atoms with Crippen LogP contribution in [0.2, 0.25) is 0 Å². The first-order chi connectivity index (χ1) is 14.0. The number of nitrogens with one attached hydrogen (secondary N) is 1. The fraction of sp³-hybridized carbons (Fsp3) is 0.350. The number of anilines is 1. The van der Waals surface area contributed by atoms with Gasteiger partial charge in [0.2, 0.25) is 5.91 Å². The van der Waals surface area contributed by atoms with Crippen LogP contribution in [0.15, 0.2) is 34.9 Å². The quantitative estimate of drug-likeness (QED) is 0.707. The minimum absolute atomic E-state index is 0.0278. The molecule has 0 atom stereocenters. The molecule has 1 aliphatic rings. The molecule has 0 spiro atoms. The molecular weight excluding hydrogens is 390 g/mol. The Morgan fingerprint density at radius 3 is 2.62 bits per heavy atom. The van der Waals surface area contributed by atoms with E-state index >= 15 is 0 Å². The summed E-state index contributed by atoms with van der Waals surface area (Å²) in [6.07, 6.45) is 1.23. The van der Waals surface area contributed by atoms with Crippen LogP contribution in [0.1, 0.15) is 34.1 Å². The van der Waals surface area contributed by atoms with Gasteiger partial charge in [-0.3, -0.25) is 9.59 Å². The zero-order valence-corrected chi connectivity index (χ0v) is 17.0. The molecule has 2 amide bonds. The maximum Gasteiger partial charge on any atom is 0.276 e. The normalized spacial score (nSPS) is 14.8. The maximum atomic E-state index is 12.7. The monoisotopic (exact) mass is 411 g/mol. The van der Waals surface area contributed by atoms with Gasteiger partial charge in [0.1, 0.15) is 15.8 Å². The Morgan fingerprint density at radius 1 is 1.17 bits per heavy atom. The fourth-order valence-electron chi connectivity index (χ4n) is 3.36. The number of aromatic nitrogens is 3. The number of benzene rings is 1. The number of amides is 2. The van der Waals surface area contributed by atoms with Crippen LogP contribution in [-0.4, -0.2) is 45.2 Å². The molecule has 0 bridgehead atoms. The maximum absolute atomic E-state index is 12.7. The predicted octanol–water partition coefficient (Wildman–Crippen LogP) is 3.30. The van der Waals surface area contributed by atoms with Crippen LogP contribution in [-0.2, 0) is 4.79 Å². The minimum atomic E-state index is -0.152. The van der Waals surface area contributed by atoms with Gasteiger partial charge in [0, 0.05) is 36.3 Å². The smallest absolute Gasteiger partial charge is 0.276 e. The van der Waals surface area contributed by atoms with Crippen LogP contribution in [0.25, 0.3) is 10.6 Å². The lowest BCUT2D eigenvalue weighted by molar-refractivity contribution is -0.121. The van der Waals surface area contributed by atoms with Gasteiger partial charge in [-0.1, -0.05) is 28.6 Å². The van der Waals surface area contributed by atoms with Crippen LogP contribution >= 0.6 is 11.3 Å². The Morgan fingerprint density at radius 2 is 1.97 bits per heavy atom. The summed E-state index contributed by atoms with van der Waals surface area (Å²) in [4.78, 5) is 26.9. The largest absolute Gasteiger partial charge is 0.361 e. The molecule has 0 unspecified atom stereocenters. The van der Waals surface area contributed by atoms with Crippen molar-refractivity contribution in [3.63, 3.8) is 0 Å². The second kappa shape index (κ2) is 8.12. The molecule has 1 aromatic carbocycles. The molecule has 0 radical (unpaired) electrons. The number of hydrogen-bond acceptors (Lipinski definition) is 7.